The Morgan fingerprint density at radius 2 is 1.83 bits per heavy atom. The van der Waals surface area contributed by atoms with Gasteiger partial charge in [0.05, 0.1) is 31.6 Å². The number of benzene rings is 3. The molecule has 7 heteroatoms. The Bertz CT molecular complexity index is 1930. The van der Waals surface area contributed by atoms with Gasteiger partial charge in [0.2, 0.25) is 0 Å². The first-order valence-corrected chi connectivity index (χ1v) is 11.2. The van der Waals surface area contributed by atoms with Crippen LogP contribution in [0.2, 0.25) is 0 Å². The molecule has 0 N–H and O–H groups in total. The Kier molecular flexibility index (Phi) is 4.18. The first-order valence-electron chi connectivity index (χ1n) is 12.7. The molecule has 6 rings (SSSR count). The van der Waals surface area contributed by atoms with Crippen molar-refractivity contribution in [3.8, 4) is 28.7 Å². The Balaban J connectivity index is 1.65. The van der Waals surface area contributed by atoms with E-state index >= 15 is 0 Å². The second-order valence-electron chi connectivity index (χ2n) is 8.53. The highest BCUT2D eigenvalue weighted by Gasteiger charge is 2.28. The van der Waals surface area contributed by atoms with Gasteiger partial charge < -0.3 is 4.42 Å². The highest BCUT2D eigenvalue weighted by molar-refractivity contribution is 5.91. The van der Waals surface area contributed by atoms with E-state index in [2.05, 4.69) is 23.9 Å². The van der Waals surface area contributed by atoms with Crippen LogP contribution in [0.5, 0.6) is 0 Å². The number of halogens is 1. The van der Waals surface area contributed by atoms with Gasteiger partial charge in [0.1, 0.15) is 11.3 Å². The fourth-order valence-electron chi connectivity index (χ4n) is 4.63. The molecule has 0 aliphatic heterocycles. The number of para-hydroxylation sites is 2. The maximum atomic E-state index is 13.5. The van der Waals surface area contributed by atoms with Gasteiger partial charge in [-0.25, -0.2) is 23.8 Å². The summed E-state index contributed by atoms with van der Waals surface area (Å²) in [7, 11) is 1.97. The zero-order valence-corrected chi connectivity index (χ0v) is 19.5. The number of rotatable bonds is 3. The van der Waals surface area contributed by atoms with E-state index in [1.807, 2.05) is 56.4 Å². The standard InChI is InChI=1S/C29H21FN5O/c1-17-13-23-18(2)27(28-32-15-19(30)16-33-28)36-26(23)14-22(17)29-34(4)24-7-5-6-8-25(24)35(29)21-11-9-20(31-3)10-12-21/h5-16H,1-2,4H3/q+1/i2D3. The molecule has 0 amide bonds. The van der Waals surface area contributed by atoms with Crippen molar-refractivity contribution in [3.05, 3.63) is 101 Å². The molecule has 6 aromatic rings. The number of hydrogen-bond donors (Lipinski definition) is 0. The van der Waals surface area contributed by atoms with Crippen molar-refractivity contribution in [2.24, 2.45) is 7.05 Å². The second kappa shape index (κ2) is 8.14. The molecule has 0 radical (unpaired) electrons. The van der Waals surface area contributed by atoms with E-state index in [-0.39, 0.29) is 17.1 Å². The van der Waals surface area contributed by atoms with Crippen molar-refractivity contribution in [1.82, 2.24) is 14.5 Å². The van der Waals surface area contributed by atoms with Crippen molar-refractivity contribution in [3.63, 3.8) is 0 Å². The first kappa shape index (κ1) is 18.5. The highest BCUT2D eigenvalue weighted by atomic mass is 19.1. The van der Waals surface area contributed by atoms with E-state index in [0.29, 0.717) is 16.7 Å². The summed E-state index contributed by atoms with van der Waals surface area (Å²) >= 11 is 0. The van der Waals surface area contributed by atoms with Crippen molar-refractivity contribution < 1.29 is 17.5 Å². The molecular formula is C29H21FN5O+. The highest BCUT2D eigenvalue weighted by Crippen LogP contribution is 2.37. The van der Waals surface area contributed by atoms with Crippen LogP contribution in [0.1, 0.15) is 15.2 Å². The van der Waals surface area contributed by atoms with Crippen LogP contribution in [0.4, 0.5) is 10.1 Å². The summed E-state index contributed by atoms with van der Waals surface area (Å²) in [5, 5.41) is 0.422. The van der Waals surface area contributed by atoms with Crippen LogP contribution in [0.3, 0.4) is 0 Å². The molecule has 0 aliphatic rings. The van der Waals surface area contributed by atoms with Gasteiger partial charge in [-0.1, -0.05) is 24.3 Å². The Labute approximate surface area is 210 Å². The van der Waals surface area contributed by atoms with Gasteiger partial charge in [-0.15, -0.1) is 0 Å². The Morgan fingerprint density at radius 1 is 1.08 bits per heavy atom. The number of nitrogens with zero attached hydrogens (tertiary/aromatic N) is 5. The van der Waals surface area contributed by atoms with Crippen LogP contribution < -0.4 is 4.57 Å². The van der Waals surface area contributed by atoms with Crippen molar-refractivity contribution >= 4 is 27.7 Å². The molecule has 3 aromatic heterocycles. The third kappa shape index (κ3) is 3.27. The number of aromatic nitrogens is 4. The predicted octanol–water partition coefficient (Wildman–Crippen LogP) is 6.63. The molecule has 0 bridgehead atoms. The van der Waals surface area contributed by atoms with Crippen LogP contribution in [0.25, 0.3) is 55.5 Å². The number of aryl methyl sites for hydroxylation is 3. The molecule has 0 saturated heterocycles. The fraction of sp³-hybridized carbons (Fsp3) is 0.103. The van der Waals surface area contributed by atoms with Gasteiger partial charge in [0.15, 0.2) is 34.1 Å². The average Bonchev–Trinajstić information content (AvgIpc) is 3.44. The van der Waals surface area contributed by atoms with Gasteiger partial charge in [-0.2, -0.15) is 4.57 Å². The maximum Gasteiger partial charge on any atom is 0.295 e. The van der Waals surface area contributed by atoms with E-state index in [0.717, 1.165) is 46.1 Å². The summed E-state index contributed by atoms with van der Waals surface area (Å²) in [6, 6.07) is 19.0. The van der Waals surface area contributed by atoms with Crippen LogP contribution in [-0.4, -0.2) is 14.5 Å². The molecule has 0 saturated carbocycles. The van der Waals surface area contributed by atoms with Crippen molar-refractivity contribution in [2.75, 3.05) is 0 Å². The van der Waals surface area contributed by atoms with Gasteiger partial charge >= 0.3 is 0 Å². The van der Waals surface area contributed by atoms with Crippen molar-refractivity contribution in [1.29, 1.82) is 0 Å². The third-order valence-electron chi connectivity index (χ3n) is 6.35. The quantitative estimate of drug-likeness (QED) is 0.212. The van der Waals surface area contributed by atoms with Crippen LogP contribution in [0.15, 0.2) is 77.5 Å². The predicted molar refractivity (Wildman–Crippen MR) is 136 cm³/mol. The molecule has 0 unspecified atom stereocenters. The van der Waals surface area contributed by atoms with E-state index in [1.54, 1.807) is 18.2 Å². The van der Waals surface area contributed by atoms with Gasteiger partial charge in [-0.3, -0.25) is 0 Å². The van der Waals surface area contributed by atoms with E-state index in [4.69, 9.17) is 15.1 Å². The van der Waals surface area contributed by atoms with Crippen LogP contribution in [0, 0.1) is 26.2 Å². The molecule has 0 spiro atoms. The largest absolute Gasteiger partial charge is 0.452 e. The summed E-state index contributed by atoms with van der Waals surface area (Å²) in [6.45, 7) is 6.71. The van der Waals surface area contributed by atoms with E-state index < -0.39 is 12.7 Å². The summed E-state index contributed by atoms with van der Waals surface area (Å²) in [5.74, 6) is 0.199. The minimum Gasteiger partial charge on any atom is -0.452 e. The summed E-state index contributed by atoms with van der Waals surface area (Å²) in [4.78, 5) is 11.5. The Morgan fingerprint density at radius 3 is 2.56 bits per heavy atom. The second-order valence-corrected chi connectivity index (χ2v) is 8.53. The lowest BCUT2D eigenvalue weighted by Crippen LogP contribution is -2.30. The molecule has 3 aromatic carbocycles. The molecule has 0 atom stereocenters. The summed E-state index contributed by atoms with van der Waals surface area (Å²) in [6.07, 6.45) is 1.96. The molecule has 36 heavy (non-hydrogen) atoms. The summed E-state index contributed by atoms with van der Waals surface area (Å²) < 4.78 is 48.4. The first-order chi connectivity index (χ1) is 18.7. The molecule has 3 heterocycles. The number of hydrogen-bond acceptors (Lipinski definition) is 3. The van der Waals surface area contributed by atoms with E-state index in [9.17, 15) is 4.39 Å². The summed E-state index contributed by atoms with van der Waals surface area (Å²) in [5.41, 5.74) is 5.37. The molecular weight excluding hydrogens is 453 g/mol. The fourth-order valence-corrected chi connectivity index (χ4v) is 4.63. The van der Waals surface area contributed by atoms with Gasteiger partial charge in [0, 0.05) is 15.1 Å². The lowest BCUT2D eigenvalue weighted by Gasteiger charge is -2.07. The van der Waals surface area contributed by atoms with Crippen LogP contribution >= 0.6 is 0 Å². The number of fused-ring (bicyclic) bond motifs is 2. The van der Waals surface area contributed by atoms with Gasteiger partial charge in [-0.05, 0) is 55.7 Å². The maximum absolute atomic E-state index is 13.5. The third-order valence-corrected chi connectivity index (χ3v) is 6.35. The lowest BCUT2D eigenvalue weighted by atomic mass is 10.0. The molecule has 0 aliphatic carbocycles. The van der Waals surface area contributed by atoms with E-state index in [1.165, 1.54) is 0 Å². The SMILES string of the molecule is [2H]C([2H])([2H])c1c(-c2ncc(F)cn2)oc2cc(-c3n(-c4ccc([N+]#[C-])cc4)c4ccccc4[n+]3C)c(C)cc12. The smallest absolute Gasteiger partial charge is 0.295 e. The Hall–Kier alpha value is -4.83. The zero-order chi connectivity index (χ0) is 27.5. The normalized spacial score (nSPS) is 12.9. The molecule has 6 nitrogen and oxygen atoms in total. The monoisotopic (exact) mass is 477 g/mol. The topological polar surface area (TPSA) is 52.1 Å². The average molecular weight is 478 g/mol. The number of imidazole rings is 1. The molecule has 174 valence electrons. The lowest BCUT2D eigenvalue weighted by molar-refractivity contribution is -0.633. The zero-order valence-electron chi connectivity index (χ0n) is 22.5. The minimum absolute atomic E-state index is 0.00232. The molecule has 0 fully saturated rings. The van der Waals surface area contributed by atoms with Gasteiger partial charge in [0.25, 0.3) is 5.82 Å². The minimum atomic E-state index is -2.52. The number of furan rings is 1. The van der Waals surface area contributed by atoms with Crippen molar-refractivity contribution in [2.45, 2.75) is 13.8 Å². The van der Waals surface area contributed by atoms with Crippen LogP contribution in [-0.2, 0) is 7.05 Å².